The summed E-state index contributed by atoms with van der Waals surface area (Å²) in [5.41, 5.74) is 5.57. The lowest BCUT2D eigenvalue weighted by molar-refractivity contribution is -0.123. The summed E-state index contributed by atoms with van der Waals surface area (Å²) in [6.45, 7) is 8.48. The third kappa shape index (κ3) is 6.40. The van der Waals surface area contributed by atoms with Gasteiger partial charge in [-0.1, -0.05) is 49.2 Å². The molecule has 0 bridgehead atoms. The van der Waals surface area contributed by atoms with E-state index in [1.165, 1.54) is 0 Å². The van der Waals surface area contributed by atoms with Crippen molar-refractivity contribution >= 4 is 41.0 Å². The Bertz CT molecular complexity index is 1170. The number of carbonyl (C=O) groups is 1. The van der Waals surface area contributed by atoms with Crippen molar-refractivity contribution in [1.82, 2.24) is 10.3 Å². The van der Waals surface area contributed by atoms with Crippen molar-refractivity contribution in [1.29, 1.82) is 0 Å². The topological polar surface area (TPSA) is 66.4 Å². The van der Waals surface area contributed by atoms with Gasteiger partial charge in [0.15, 0.2) is 0 Å². The minimum absolute atomic E-state index is 0.00346. The molecular formula is C28H34Cl2N4O3. The molecule has 2 fully saturated rings. The fraction of sp³-hybridized carbons (Fsp3) is 0.429. The van der Waals surface area contributed by atoms with Gasteiger partial charge in [-0.05, 0) is 53.3 Å². The number of piperazine rings is 1. The predicted octanol–water partition coefficient (Wildman–Crippen LogP) is 5.07. The Balaban J connectivity index is 1.35. The van der Waals surface area contributed by atoms with Crippen LogP contribution in [0.3, 0.4) is 0 Å². The molecular weight excluding hydrogens is 511 g/mol. The molecule has 198 valence electrons. The van der Waals surface area contributed by atoms with E-state index in [4.69, 9.17) is 32.7 Å². The maximum atomic E-state index is 12.6. The molecule has 1 heterocycles. The Kier molecular flexibility index (Phi) is 8.67. The van der Waals surface area contributed by atoms with E-state index in [1.807, 2.05) is 44.2 Å². The number of nitrogens with one attached hydrogen (secondary N) is 1. The van der Waals surface area contributed by atoms with Crippen molar-refractivity contribution in [2.24, 2.45) is 22.4 Å². The number of para-hydroxylation sites is 2. The number of allylic oxidation sites excluding steroid dienone is 1. The zero-order chi connectivity index (χ0) is 26.6. The number of benzene rings is 2. The van der Waals surface area contributed by atoms with Crippen molar-refractivity contribution in [3.8, 4) is 11.5 Å². The SMILES string of the molecule is COc1ccc(C=NNC(=O)C2C(C=C(Cl)Cl)C2(C)C)cc1CN1CCN(c2ccccc2OC)CC1. The smallest absolute Gasteiger partial charge is 0.244 e. The Labute approximate surface area is 229 Å². The van der Waals surface area contributed by atoms with Crippen molar-refractivity contribution in [3.63, 3.8) is 0 Å². The summed E-state index contributed by atoms with van der Waals surface area (Å²) in [7, 11) is 3.39. The van der Waals surface area contributed by atoms with Gasteiger partial charge in [-0.3, -0.25) is 9.69 Å². The number of halogens is 2. The molecule has 0 radical (unpaired) electrons. The molecule has 2 atom stereocenters. The van der Waals surface area contributed by atoms with E-state index < -0.39 is 0 Å². The fourth-order valence-corrected chi connectivity index (χ4v) is 5.42. The largest absolute Gasteiger partial charge is 0.496 e. The van der Waals surface area contributed by atoms with Gasteiger partial charge in [0.25, 0.3) is 0 Å². The second kappa shape index (κ2) is 11.8. The van der Waals surface area contributed by atoms with E-state index in [0.717, 1.165) is 61.0 Å². The number of rotatable bonds is 9. The number of hydrazone groups is 1. The quantitative estimate of drug-likeness (QED) is 0.352. The molecule has 0 spiro atoms. The average Bonchev–Trinajstić information content (AvgIpc) is 3.43. The minimum atomic E-state index is -0.210. The number of carbonyl (C=O) groups excluding carboxylic acids is 1. The number of ether oxygens (including phenoxy) is 2. The van der Waals surface area contributed by atoms with E-state index in [-0.39, 0.29) is 27.6 Å². The summed E-state index contributed by atoms with van der Waals surface area (Å²) < 4.78 is 11.3. The lowest BCUT2D eigenvalue weighted by Crippen LogP contribution is -2.46. The molecule has 2 unspecified atom stereocenters. The van der Waals surface area contributed by atoms with E-state index >= 15 is 0 Å². The van der Waals surface area contributed by atoms with Crippen LogP contribution in [0, 0.1) is 17.3 Å². The third-order valence-electron chi connectivity index (χ3n) is 7.38. The first-order valence-electron chi connectivity index (χ1n) is 12.4. The van der Waals surface area contributed by atoms with Crippen molar-refractivity contribution in [3.05, 3.63) is 64.2 Å². The van der Waals surface area contributed by atoms with Gasteiger partial charge in [-0.25, -0.2) is 5.43 Å². The summed E-state index contributed by atoms with van der Waals surface area (Å²) in [5, 5.41) is 4.20. The number of nitrogens with zero attached hydrogens (tertiary/aromatic N) is 3. The van der Waals surface area contributed by atoms with Crippen LogP contribution in [0.25, 0.3) is 0 Å². The van der Waals surface area contributed by atoms with E-state index in [2.05, 4.69) is 32.5 Å². The van der Waals surface area contributed by atoms with Gasteiger partial charge in [-0.15, -0.1) is 0 Å². The number of hydrogen-bond acceptors (Lipinski definition) is 6. The van der Waals surface area contributed by atoms with Crippen LogP contribution in [-0.2, 0) is 11.3 Å². The summed E-state index contributed by atoms with van der Waals surface area (Å²) >= 11 is 11.6. The van der Waals surface area contributed by atoms with Crippen LogP contribution < -0.4 is 19.8 Å². The molecule has 1 saturated carbocycles. The fourth-order valence-electron chi connectivity index (χ4n) is 5.15. The van der Waals surface area contributed by atoms with E-state index in [9.17, 15) is 4.79 Å². The van der Waals surface area contributed by atoms with Crippen LogP contribution in [0.4, 0.5) is 5.69 Å². The Morgan fingerprint density at radius 1 is 1.08 bits per heavy atom. The normalized spacial score (nSPS) is 21.0. The summed E-state index contributed by atoms with van der Waals surface area (Å²) in [5.74, 6) is 1.39. The molecule has 1 saturated heterocycles. The van der Waals surface area contributed by atoms with Gasteiger partial charge in [-0.2, -0.15) is 5.10 Å². The Hall–Kier alpha value is -2.74. The standard InChI is InChI=1S/C28H34Cl2N4O3/c1-28(2)21(16-25(29)30)26(28)27(35)32-31-17-19-9-10-23(36-3)20(15-19)18-33-11-13-34(14-12-33)22-7-5-6-8-24(22)37-4/h5-10,15-17,21,26H,11-14,18H2,1-4H3,(H,32,35). The maximum Gasteiger partial charge on any atom is 0.244 e. The highest BCUT2D eigenvalue weighted by atomic mass is 35.5. The molecule has 4 rings (SSSR count). The molecule has 1 amide bonds. The number of amides is 1. The summed E-state index contributed by atoms with van der Waals surface area (Å²) in [6, 6.07) is 14.1. The van der Waals surface area contributed by atoms with Gasteiger partial charge < -0.3 is 14.4 Å². The monoisotopic (exact) mass is 544 g/mol. The first-order chi connectivity index (χ1) is 17.7. The van der Waals surface area contributed by atoms with Crippen LogP contribution in [-0.4, -0.2) is 57.4 Å². The Morgan fingerprint density at radius 3 is 2.46 bits per heavy atom. The number of hydrogen-bond donors (Lipinski definition) is 1. The first-order valence-corrected chi connectivity index (χ1v) is 13.1. The van der Waals surface area contributed by atoms with Gasteiger partial charge in [0.1, 0.15) is 16.0 Å². The van der Waals surface area contributed by atoms with Crippen LogP contribution >= 0.6 is 23.2 Å². The van der Waals surface area contributed by atoms with Gasteiger partial charge in [0, 0.05) is 38.3 Å². The van der Waals surface area contributed by atoms with Crippen LogP contribution in [0.5, 0.6) is 11.5 Å². The second-order valence-electron chi connectivity index (χ2n) is 10.0. The molecule has 7 nitrogen and oxygen atoms in total. The molecule has 37 heavy (non-hydrogen) atoms. The van der Waals surface area contributed by atoms with Gasteiger partial charge in [0.2, 0.25) is 5.91 Å². The zero-order valence-corrected chi connectivity index (χ0v) is 23.2. The average molecular weight is 546 g/mol. The molecule has 9 heteroatoms. The van der Waals surface area contributed by atoms with Crippen LogP contribution in [0.1, 0.15) is 25.0 Å². The summed E-state index contributed by atoms with van der Waals surface area (Å²) in [4.78, 5) is 17.4. The van der Waals surface area contributed by atoms with Crippen LogP contribution in [0.2, 0.25) is 0 Å². The molecule has 1 aliphatic carbocycles. The minimum Gasteiger partial charge on any atom is -0.496 e. The molecule has 1 N–H and O–H groups in total. The molecule has 0 aromatic heterocycles. The second-order valence-corrected chi connectivity index (χ2v) is 11.0. The molecule has 2 aromatic carbocycles. The van der Waals surface area contributed by atoms with Gasteiger partial charge in [0.05, 0.1) is 32.0 Å². The first kappa shape index (κ1) is 27.3. The summed E-state index contributed by atoms with van der Waals surface area (Å²) in [6.07, 6.45) is 3.39. The van der Waals surface area contributed by atoms with Crippen molar-refractivity contribution < 1.29 is 14.3 Å². The predicted molar refractivity (Wildman–Crippen MR) is 150 cm³/mol. The molecule has 2 aromatic rings. The Morgan fingerprint density at radius 2 is 1.78 bits per heavy atom. The van der Waals surface area contributed by atoms with E-state index in [1.54, 1.807) is 26.5 Å². The van der Waals surface area contributed by atoms with Crippen molar-refractivity contribution in [2.75, 3.05) is 45.3 Å². The van der Waals surface area contributed by atoms with Crippen LogP contribution in [0.15, 0.2) is 58.1 Å². The highest BCUT2D eigenvalue weighted by Crippen LogP contribution is 2.59. The van der Waals surface area contributed by atoms with E-state index in [0.29, 0.717) is 0 Å². The van der Waals surface area contributed by atoms with Gasteiger partial charge >= 0.3 is 0 Å². The molecule has 2 aliphatic rings. The third-order valence-corrected chi connectivity index (χ3v) is 7.64. The zero-order valence-electron chi connectivity index (χ0n) is 21.7. The lowest BCUT2D eigenvalue weighted by atomic mass is 10.1. The lowest BCUT2D eigenvalue weighted by Gasteiger charge is -2.36. The highest BCUT2D eigenvalue weighted by Gasteiger charge is 2.60. The number of anilines is 1. The maximum absolute atomic E-state index is 12.6. The van der Waals surface area contributed by atoms with Crippen molar-refractivity contribution in [2.45, 2.75) is 20.4 Å². The number of methoxy groups -OCH3 is 2. The molecule has 1 aliphatic heterocycles. The highest BCUT2D eigenvalue weighted by molar-refractivity contribution is 6.55.